The summed E-state index contributed by atoms with van der Waals surface area (Å²) in [6.07, 6.45) is 3.38. The third-order valence-electron chi connectivity index (χ3n) is 4.13. The van der Waals surface area contributed by atoms with Crippen molar-refractivity contribution in [1.29, 1.82) is 0 Å². The number of carbonyl (C=O) groups excluding carboxylic acids is 1. The Morgan fingerprint density at radius 2 is 2.40 bits per heavy atom. The second-order valence-corrected chi connectivity index (χ2v) is 5.36. The zero-order chi connectivity index (χ0) is 10.9. The third-order valence-corrected chi connectivity index (χ3v) is 4.13. The van der Waals surface area contributed by atoms with Crippen LogP contribution in [0.1, 0.15) is 33.1 Å². The molecule has 2 aliphatic rings. The van der Waals surface area contributed by atoms with Crippen LogP contribution in [0.4, 0.5) is 0 Å². The summed E-state index contributed by atoms with van der Waals surface area (Å²) in [6, 6.07) is 0. The van der Waals surface area contributed by atoms with Crippen LogP contribution in [0.2, 0.25) is 0 Å². The van der Waals surface area contributed by atoms with E-state index in [1.54, 1.807) is 0 Å². The largest absolute Gasteiger partial charge is 0.342 e. The van der Waals surface area contributed by atoms with Crippen LogP contribution in [-0.4, -0.2) is 37.0 Å². The summed E-state index contributed by atoms with van der Waals surface area (Å²) < 4.78 is 0. The molecule has 0 aromatic heterocycles. The van der Waals surface area contributed by atoms with Gasteiger partial charge in [0.25, 0.3) is 0 Å². The standard InChI is InChI=1S/C12H22N2O/c1-3-12(2)5-7-14(9-12)11(15)10-4-6-13-8-10/h10,13H,3-9H2,1-2H3/t10-,12?/m0/s1. The van der Waals surface area contributed by atoms with Gasteiger partial charge in [0.2, 0.25) is 5.91 Å². The van der Waals surface area contributed by atoms with Gasteiger partial charge in [-0.15, -0.1) is 0 Å². The molecule has 15 heavy (non-hydrogen) atoms. The van der Waals surface area contributed by atoms with Crippen LogP contribution < -0.4 is 5.32 Å². The summed E-state index contributed by atoms with van der Waals surface area (Å²) in [6.45, 7) is 8.37. The zero-order valence-corrected chi connectivity index (χ0v) is 9.88. The van der Waals surface area contributed by atoms with Crippen molar-refractivity contribution < 1.29 is 4.79 Å². The number of rotatable bonds is 2. The molecule has 0 aromatic rings. The van der Waals surface area contributed by atoms with E-state index in [9.17, 15) is 4.79 Å². The average Bonchev–Trinajstić information content (AvgIpc) is 2.86. The minimum absolute atomic E-state index is 0.254. The predicted molar refractivity (Wildman–Crippen MR) is 60.6 cm³/mol. The molecule has 0 bridgehead atoms. The van der Waals surface area contributed by atoms with Crippen LogP contribution in [0.15, 0.2) is 0 Å². The van der Waals surface area contributed by atoms with Gasteiger partial charge in [-0.3, -0.25) is 4.79 Å². The lowest BCUT2D eigenvalue weighted by Crippen LogP contribution is -2.36. The van der Waals surface area contributed by atoms with E-state index in [-0.39, 0.29) is 5.92 Å². The summed E-state index contributed by atoms with van der Waals surface area (Å²) >= 11 is 0. The molecule has 3 nitrogen and oxygen atoms in total. The Balaban J connectivity index is 1.92. The van der Waals surface area contributed by atoms with E-state index < -0.39 is 0 Å². The topological polar surface area (TPSA) is 32.3 Å². The molecule has 2 atom stereocenters. The van der Waals surface area contributed by atoms with Crippen molar-refractivity contribution in [2.45, 2.75) is 33.1 Å². The highest BCUT2D eigenvalue weighted by molar-refractivity contribution is 5.79. The van der Waals surface area contributed by atoms with Crippen molar-refractivity contribution in [2.24, 2.45) is 11.3 Å². The molecule has 2 saturated heterocycles. The summed E-state index contributed by atoms with van der Waals surface area (Å²) in [7, 11) is 0. The van der Waals surface area contributed by atoms with Gasteiger partial charge in [0.15, 0.2) is 0 Å². The number of hydrogen-bond donors (Lipinski definition) is 1. The molecule has 0 spiro atoms. The molecule has 1 unspecified atom stereocenters. The maximum absolute atomic E-state index is 12.1. The molecular weight excluding hydrogens is 188 g/mol. The van der Waals surface area contributed by atoms with Crippen LogP contribution in [0.25, 0.3) is 0 Å². The van der Waals surface area contributed by atoms with Crippen molar-refractivity contribution in [3.05, 3.63) is 0 Å². The molecule has 0 aliphatic carbocycles. The molecule has 1 N–H and O–H groups in total. The first-order valence-corrected chi connectivity index (χ1v) is 6.14. The first-order valence-electron chi connectivity index (χ1n) is 6.14. The summed E-state index contributed by atoms with van der Waals surface area (Å²) in [5, 5.41) is 3.26. The second kappa shape index (κ2) is 4.12. The fourth-order valence-corrected chi connectivity index (χ4v) is 2.62. The molecule has 2 rings (SSSR count). The Labute approximate surface area is 92.2 Å². The van der Waals surface area contributed by atoms with Crippen LogP contribution >= 0.6 is 0 Å². The van der Waals surface area contributed by atoms with Crippen molar-refractivity contribution in [3.63, 3.8) is 0 Å². The molecule has 0 aromatic carbocycles. The Bertz CT molecular complexity index is 248. The lowest BCUT2D eigenvalue weighted by Gasteiger charge is -2.24. The highest BCUT2D eigenvalue weighted by atomic mass is 16.2. The molecule has 1 amide bonds. The highest BCUT2D eigenvalue weighted by Gasteiger charge is 2.37. The summed E-state index contributed by atoms with van der Waals surface area (Å²) in [5.41, 5.74) is 0.377. The molecule has 3 heteroatoms. The van der Waals surface area contributed by atoms with E-state index in [0.717, 1.165) is 32.6 Å². The SMILES string of the molecule is CCC1(C)CCN(C(=O)[C@H]2CCNC2)C1. The Morgan fingerprint density at radius 3 is 2.93 bits per heavy atom. The lowest BCUT2D eigenvalue weighted by atomic mass is 9.87. The van der Waals surface area contributed by atoms with Gasteiger partial charge >= 0.3 is 0 Å². The van der Waals surface area contributed by atoms with Gasteiger partial charge < -0.3 is 10.2 Å². The van der Waals surface area contributed by atoms with Crippen molar-refractivity contribution in [3.8, 4) is 0 Å². The van der Waals surface area contributed by atoms with E-state index in [2.05, 4.69) is 24.1 Å². The Hall–Kier alpha value is -0.570. The molecule has 0 saturated carbocycles. The van der Waals surface area contributed by atoms with Gasteiger partial charge in [-0.1, -0.05) is 13.8 Å². The maximum atomic E-state index is 12.1. The Kier molecular flexibility index (Phi) is 3.01. The maximum Gasteiger partial charge on any atom is 0.227 e. The van der Waals surface area contributed by atoms with E-state index in [4.69, 9.17) is 0 Å². The van der Waals surface area contributed by atoms with Gasteiger partial charge in [0, 0.05) is 19.6 Å². The Morgan fingerprint density at radius 1 is 1.60 bits per heavy atom. The van der Waals surface area contributed by atoms with Gasteiger partial charge in [0.1, 0.15) is 0 Å². The quantitative estimate of drug-likeness (QED) is 0.744. The normalized spacial score (nSPS) is 36.1. The first-order chi connectivity index (χ1) is 7.14. The van der Waals surface area contributed by atoms with Crippen molar-refractivity contribution in [2.75, 3.05) is 26.2 Å². The number of nitrogens with one attached hydrogen (secondary N) is 1. The number of hydrogen-bond acceptors (Lipinski definition) is 2. The van der Waals surface area contributed by atoms with Crippen LogP contribution in [0, 0.1) is 11.3 Å². The first kappa shape index (κ1) is 10.9. The molecule has 2 fully saturated rings. The fraction of sp³-hybridized carbons (Fsp3) is 0.917. The monoisotopic (exact) mass is 210 g/mol. The molecule has 2 heterocycles. The molecular formula is C12H22N2O. The number of nitrogens with zero attached hydrogens (tertiary/aromatic N) is 1. The second-order valence-electron chi connectivity index (χ2n) is 5.36. The van der Waals surface area contributed by atoms with Gasteiger partial charge in [0.05, 0.1) is 5.92 Å². The van der Waals surface area contributed by atoms with Crippen LogP contribution in [-0.2, 0) is 4.79 Å². The lowest BCUT2D eigenvalue weighted by molar-refractivity contribution is -0.134. The van der Waals surface area contributed by atoms with Crippen molar-refractivity contribution >= 4 is 5.91 Å². The molecule has 2 aliphatic heterocycles. The molecule has 86 valence electrons. The smallest absolute Gasteiger partial charge is 0.227 e. The molecule has 0 radical (unpaired) electrons. The number of likely N-dealkylation sites (tertiary alicyclic amines) is 1. The van der Waals surface area contributed by atoms with Crippen LogP contribution in [0.3, 0.4) is 0 Å². The van der Waals surface area contributed by atoms with Gasteiger partial charge in [-0.2, -0.15) is 0 Å². The van der Waals surface area contributed by atoms with E-state index in [1.165, 1.54) is 12.8 Å². The number of carbonyl (C=O) groups is 1. The minimum Gasteiger partial charge on any atom is -0.342 e. The van der Waals surface area contributed by atoms with Gasteiger partial charge in [-0.05, 0) is 31.2 Å². The fourth-order valence-electron chi connectivity index (χ4n) is 2.62. The average molecular weight is 210 g/mol. The van der Waals surface area contributed by atoms with Crippen molar-refractivity contribution in [1.82, 2.24) is 10.2 Å². The van der Waals surface area contributed by atoms with E-state index >= 15 is 0 Å². The van der Waals surface area contributed by atoms with E-state index in [0.29, 0.717) is 11.3 Å². The summed E-state index contributed by atoms with van der Waals surface area (Å²) in [4.78, 5) is 14.2. The number of amides is 1. The predicted octanol–water partition coefficient (Wildman–Crippen LogP) is 1.24. The van der Waals surface area contributed by atoms with E-state index in [1.807, 2.05) is 0 Å². The minimum atomic E-state index is 0.254. The highest BCUT2D eigenvalue weighted by Crippen LogP contribution is 2.33. The van der Waals surface area contributed by atoms with Gasteiger partial charge in [-0.25, -0.2) is 0 Å². The third kappa shape index (κ3) is 2.17. The zero-order valence-electron chi connectivity index (χ0n) is 9.88. The summed E-state index contributed by atoms with van der Waals surface area (Å²) in [5.74, 6) is 0.640. The van der Waals surface area contributed by atoms with Crippen LogP contribution in [0.5, 0.6) is 0 Å².